The van der Waals surface area contributed by atoms with E-state index in [0.717, 1.165) is 25.1 Å². The van der Waals surface area contributed by atoms with E-state index in [4.69, 9.17) is 15.2 Å². The van der Waals surface area contributed by atoms with Gasteiger partial charge in [0.05, 0.1) is 13.2 Å². The predicted octanol–water partition coefficient (Wildman–Crippen LogP) is 1.55. The third-order valence-corrected chi connectivity index (χ3v) is 3.62. The lowest BCUT2D eigenvalue weighted by Gasteiger charge is -2.21. The minimum Gasteiger partial charge on any atom is -0.494 e. The zero-order valence-corrected chi connectivity index (χ0v) is 11.4. The van der Waals surface area contributed by atoms with Crippen LogP contribution in [0.2, 0.25) is 0 Å². The van der Waals surface area contributed by atoms with Crippen LogP contribution in [-0.2, 0) is 4.74 Å². The van der Waals surface area contributed by atoms with Gasteiger partial charge in [-0.3, -0.25) is 4.90 Å². The van der Waals surface area contributed by atoms with E-state index in [1.54, 1.807) is 13.2 Å². The van der Waals surface area contributed by atoms with Crippen molar-refractivity contribution in [3.63, 3.8) is 0 Å². The van der Waals surface area contributed by atoms with Crippen molar-refractivity contribution < 1.29 is 13.9 Å². The molecule has 0 saturated carbocycles. The van der Waals surface area contributed by atoms with E-state index >= 15 is 0 Å². The average molecular weight is 268 g/mol. The summed E-state index contributed by atoms with van der Waals surface area (Å²) in [6, 6.07) is 4.69. The van der Waals surface area contributed by atoms with Gasteiger partial charge in [-0.25, -0.2) is 4.39 Å². The van der Waals surface area contributed by atoms with Crippen molar-refractivity contribution in [2.75, 3.05) is 33.9 Å². The molecule has 2 atom stereocenters. The normalized spacial score (nSPS) is 21.6. The van der Waals surface area contributed by atoms with Crippen LogP contribution >= 0.6 is 0 Å². The summed E-state index contributed by atoms with van der Waals surface area (Å²) < 4.78 is 23.8. The van der Waals surface area contributed by atoms with Crippen LogP contribution in [0.4, 0.5) is 4.39 Å². The Morgan fingerprint density at radius 3 is 2.84 bits per heavy atom. The molecule has 106 valence electrons. The zero-order valence-electron chi connectivity index (χ0n) is 11.4. The van der Waals surface area contributed by atoms with Crippen LogP contribution in [0, 0.1) is 5.82 Å². The van der Waals surface area contributed by atoms with Crippen LogP contribution in [0.5, 0.6) is 5.75 Å². The molecule has 5 heteroatoms. The van der Waals surface area contributed by atoms with Gasteiger partial charge in [0, 0.05) is 32.8 Å². The molecule has 1 aliphatic heterocycles. The number of likely N-dealkylation sites (tertiary alicyclic amines) is 1. The highest BCUT2D eigenvalue weighted by Crippen LogP contribution is 2.22. The predicted molar refractivity (Wildman–Crippen MR) is 71.7 cm³/mol. The van der Waals surface area contributed by atoms with Crippen molar-refractivity contribution in [2.24, 2.45) is 5.73 Å². The number of ether oxygens (including phenoxy) is 2. The summed E-state index contributed by atoms with van der Waals surface area (Å²) in [6.45, 7) is 2.58. The third kappa shape index (κ3) is 3.43. The summed E-state index contributed by atoms with van der Waals surface area (Å²) >= 11 is 0. The lowest BCUT2D eigenvalue weighted by molar-refractivity contribution is 0.107. The van der Waals surface area contributed by atoms with E-state index in [-0.39, 0.29) is 17.6 Å². The fraction of sp³-hybridized carbons (Fsp3) is 0.571. The molecule has 2 N–H and O–H groups in total. The van der Waals surface area contributed by atoms with Crippen molar-refractivity contribution in [1.29, 1.82) is 0 Å². The maximum Gasteiger partial charge on any atom is 0.165 e. The number of hydrogen-bond donors (Lipinski definition) is 1. The number of benzene rings is 1. The Kier molecular flexibility index (Phi) is 4.74. The van der Waals surface area contributed by atoms with Gasteiger partial charge in [-0.2, -0.15) is 0 Å². The maximum atomic E-state index is 13.6. The average Bonchev–Trinajstić information content (AvgIpc) is 2.86. The molecule has 0 radical (unpaired) electrons. The summed E-state index contributed by atoms with van der Waals surface area (Å²) in [5.74, 6) is -0.122. The van der Waals surface area contributed by atoms with E-state index in [0.29, 0.717) is 12.6 Å². The van der Waals surface area contributed by atoms with Crippen molar-refractivity contribution in [2.45, 2.75) is 18.6 Å². The lowest BCUT2D eigenvalue weighted by atomic mass is 10.1. The number of nitrogens with zero attached hydrogens (tertiary/aromatic N) is 1. The quantitative estimate of drug-likeness (QED) is 0.880. The summed E-state index contributed by atoms with van der Waals surface area (Å²) in [6.07, 6.45) is 1.32. The minimum atomic E-state index is -0.369. The van der Waals surface area contributed by atoms with E-state index in [1.807, 2.05) is 6.07 Å². The molecule has 0 aromatic heterocycles. The van der Waals surface area contributed by atoms with Crippen molar-refractivity contribution in [3.05, 3.63) is 29.6 Å². The number of hydrogen-bond acceptors (Lipinski definition) is 4. The highest BCUT2D eigenvalue weighted by molar-refractivity contribution is 5.31. The first-order chi connectivity index (χ1) is 9.13. The molecule has 0 bridgehead atoms. The molecule has 1 aromatic rings. The number of methoxy groups -OCH3 is 2. The molecule has 4 nitrogen and oxygen atoms in total. The Morgan fingerprint density at radius 2 is 2.26 bits per heavy atom. The molecular weight excluding hydrogens is 247 g/mol. The van der Waals surface area contributed by atoms with Gasteiger partial charge in [0.15, 0.2) is 11.6 Å². The number of nitrogens with two attached hydrogens (primary N) is 1. The molecule has 2 rings (SSSR count). The minimum absolute atomic E-state index is 0.198. The van der Waals surface area contributed by atoms with Crippen LogP contribution in [0.15, 0.2) is 18.2 Å². The monoisotopic (exact) mass is 268 g/mol. The first-order valence-corrected chi connectivity index (χ1v) is 6.48. The van der Waals surface area contributed by atoms with Crippen LogP contribution in [-0.4, -0.2) is 44.9 Å². The molecule has 1 fully saturated rings. The fourth-order valence-corrected chi connectivity index (χ4v) is 2.45. The Hall–Kier alpha value is -1.17. The largest absolute Gasteiger partial charge is 0.494 e. The van der Waals surface area contributed by atoms with E-state index in [2.05, 4.69) is 4.90 Å². The Balaban J connectivity index is 1.96. The molecule has 19 heavy (non-hydrogen) atoms. The van der Waals surface area contributed by atoms with Gasteiger partial charge < -0.3 is 15.2 Å². The Morgan fingerprint density at radius 1 is 1.47 bits per heavy atom. The van der Waals surface area contributed by atoms with Crippen LogP contribution < -0.4 is 10.5 Å². The van der Waals surface area contributed by atoms with Crippen LogP contribution in [0.1, 0.15) is 18.0 Å². The standard InChI is InChI=1S/C14H21FN2O2/c1-18-11-5-6-17(8-11)9-13(16)10-3-4-14(19-2)12(15)7-10/h3-4,7,11,13H,5-6,8-9,16H2,1-2H3. The molecule has 1 heterocycles. The molecular formula is C14H21FN2O2. The fourth-order valence-electron chi connectivity index (χ4n) is 2.45. The SMILES string of the molecule is COc1ccc(C(N)CN2CCC(OC)C2)cc1F. The number of halogens is 1. The van der Waals surface area contributed by atoms with Gasteiger partial charge in [0.2, 0.25) is 0 Å². The van der Waals surface area contributed by atoms with Gasteiger partial charge in [-0.05, 0) is 24.1 Å². The van der Waals surface area contributed by atoms with E-state index in [1.165, 1.54) is 13.2 Å². The van der Waals surface area contributed by atoms with Crippen molar-refractivity contribution in [1.82, 2.24) is 4.90 Å². The highest BCUT2D eigenvalue weighted by atomic mass is 19.1. The second-order valence-electron chi connectivity index (χ2n) is 4.91. The molecule has 1 aromatic carbocycles. The van der Waals surface area contributed by atoms with Gasteiger partial charge >= 0.3 is 0 Å². The molecule has 1 aliphatic rings. The summed E-state index contributed by atoms with van der Waals surface area (Å²) in [4.78, 5) is 2.25. The van der Waals surface area contributed by atoms with Crippen molar-refractivity contribution in [3.8, 4) is 5.75 Å². The van der Waals surface area contributed by atoms with Crippen LogP contribution in [0.25, 0.3) is 0 Å². The lowest BCUT2D eigenvalue weighted by Crippen LogP contribution is -2.31. The highest BCUT2D eigenvalue weighted by Gasteiger charge is 2.24. The summed E-state index contributed by atoms with van der Waals surface area (Å²) in [7, 11) is 3.18. The number of rotatable bonds is 5. The first-order valence-electron chi connectivity index (χ1n) is 6.48. The van der Waals surface area contributed by atoms with E-state index < -0.39 is 0 Å². The molecule has 0 spiro atoms. The smallest absolute Gasteiger partial charge is 0.165 e. The third-order valence-electron chi connectivity index (χ3n) is 3.62. The molecule has 0 amide bonds. The van der Waals surface area contributed by atoms with Gasteiger partial charge in [0.25, 0.3) is 0 Å². The maximum absolute atomic E-state index is 13.6. The van der Waals surface area contributed by atoms with Gasteiger partial charge in [-0.15, -0.1) is 0 Å². The summed E-state index contributed by atoms with van der Waals surface area (Å²) in [5, 5.41) is 0. The molecule has 2 unspecified atom stereocenters. The second kappa shape index (κ2) is 6.32. The second-order valence-corrected chi connectivity index (χ2v) is 4.91. The van der Waals surface area contributed by atoms with Crippen molar-refractivity contribution >= 4 is 0 Å². The molecule has 0 aliphatic carbocycles. The molecule has 1 saturated heterocycles. The summed E-state index contributed by atoms with van der Waals surface area (Å²) in [5.41, 5.74) is 6.92. The Bertz CT molecular complexity index is 428. The topological polar surface area (TPSA) is 47.7 Å². The van der Waals surface area contributed by atoms with Gasteiger partial charge in [0.1, 0.15) is 0 Å². The van der Waals surface area contributed by atoms with E-state index in [9.17, 15) is 4.39 Å². The zero-order chi connectivity index (χ0) is 13.8. The first kappa shape index (κ1) is 14.2. The van der Waals surface area contributed by atoms with Crippen LogP contribution in [0.3, 0.4) is 0 Å². The van der Waals surface area contributed by atoms with Gasteiger partial charge in [-0.1, -0.05) is 6.07 Å². The Labute approximate surface area is 113 Å².